The van der Waals surface area contributed by atoms with Gasteiger partial charge in [0.2, 0.25) is 0 Å². The minimum atomic E-state index is 0.386. The predicted molar refractivity (Wildman–Crippen MR) is 61.8 cm³/mol. The van der Waals surface area contributed by atoms with Crippen LogP contribution in [0, 0.1) is 0 Å². The normalized spacial score (nSPS) is 14.8. The standard InChI is InChI=1S/C11H17N3O/c1-8(2)13-11-6-10-9(7-12-11)14(3)4-5-15-10/h6-8H,4-5H2,1-3H3,(H,12,13). The van der Waals surface area contributed by atoms with E-state index in [0.717, 1.165) is 30.4 Å². The van der Waals surface area contributed by atoms with E-state index in [2.05, 4.69) is 36.1 Å². The maximum absolute atomic E-state index is 5.59. The summed E-state index contributed by atoms with van der Waals surface area (Å²) in [5.41, 5.74) is 1.07. The van der Waals surface area contributed by atoms with Gasteiger partial charge >= 0.3 is 0 Å². The van der Waals surface area contributed by atoms with Crippen LogP contribution in [0.2, 0.25) is 0 Å². The third-order valence-corrected chi connectivity index (χ3v) is 2.38. The molecule has 0 atom stereocenters. The van der Waals surface area contributed by atoms with Gasteiger partial charge in [-0.3, -0.25) is 0 Å². The van der Waals surface area contributed by atoms with Crippen LogP contribution in [0.4, 0.5) is 11.5 Å². The molecule has 1 aliphatic heterocycles. The molecule has 0 saturated heterocycles. The van der Waals surface area contributed by atoms with Crippen molar-refractivity contribution in [1.29, 1.82) is 0 Å². The molecule has 0 aromatic carbocycles. The molecule has 0 aliphatic carbocycles. The van der Waals surface area contributed by atoms with Crippen molar-refractivity contribution < 1.29 is 4.74 Å². The second-order valence-electron chi connectivity index (χ2n) is 4.11. The van der Waals surface area contributed by atoms with Gasteiger partial charge in [0.25, 0.3) is 0 Å². The maximum atomic E-state index is 5.59. The summed E-state index contributed by atoms with van der Waals surface area (Å²) in [5.74, 6) is 1.79. The molecular weight excluding hydrogens is 190 g/mol. The Kier molecular flexibility index (Phi) is 2.66. The quantitative estimate of drug-likeness (QED) is 0.801. The van der Waals surface area contributed by atoms with E-state index >= 15 is 0 Å². The van der Waals surface area contributed by atoms with E-state index < -0.39 is 0 Å². The number of hydrogen-bond donors (Lipinski definition) is 1. The number of ether oxygens (including phenoxy) is 1. The Balaban J connectivity index is 2.25. The lowest BCUT2D eigenvalue weighted by Gasteiger charge is -2.27. The molecule has 0 radical (unpaired) electrons. The number of likely N-dealkylation sites (N-methyl/N-ethyl adjacent to an activating group) is 1. The van der Waals surface area contributed by atoms with Gasteiger partial charge in [0.1, 0.15) is 18.2 Å². The first-order valence-electron chi connectivity index (χ1n) is 5.27. The summed E-state index contributed by atoms with van der Waals surface area (Å²) in [6, 6.07) is 2.35. The average Bonchev–Trinajstić information content (AvgIpc) is 2.17. The molecule has 0 saturated carbocycles. The Morgan fingerprint density at radius 1 is 1.53 bits per heavy atom. The first-order valence-corrected chi connectivity index (χ1v) is 5.27. The molecule has 82 valence electrons. The van der Waals surface area contributed by atoms with Gasteiger partial charge in [-0.05, 0) is 13.8 Å². The van der Waals surface area contributed by atoms with E-state index in [1.807, 2.05) is 12.3 Å². The topological polar surface area (TPSA) is 37.4 Å². The summed E-state index contributed by atoms with van der Waals surface area (Å²) in [4.78, 5) is 6.51. The smallest absolute Gasteiger partial charge is 0.147 e. The minimum Gasteiger partial charge on any atom is -0.489 e. The van der Waals surface area contributed by atoms with Crippen molar-refractivity contribution in [3.63, 3.8) is 0 Å². The van der Waals surface area contributed by atoms with Gasteiger partial charge < -0.3 is 15.0 Å². The maximum Gasteiger partial charge on any atom is 0.147 e. The number of pyridine rings is 1. The molecule has 0 bridgehead atoms. The van der Waals surface area contributed by atoms with E-state index in [1.165, 1.54) is 0 Å². The molecular formula is C11H17N3O. The highest BCUT2D eigenvalue weighted by Gasteiger charge is 2.15. The number of nitrogens with zero attached hydrogens (tertiary/aromatic N) is 2. The lowest BCUT2D eigenvalue weighted by molar-refractivity contribution is 0.311. The fourth-order valence-corrected chi connectivity index (χ4v) is 1.62. The highest BCUT2D eigenvalue weighted by molar-refractivity contribution is 5.62. The van der Waals surface area contributed by atoms with Gasteiger partial charge in [0.15, 0.2) is 0 Å². The Labute approximate surface area is 90.3 Å². The number of rotatable bonds is 2. The van der Waals surface area contributed by atoms with Crippen LogP contribution >= 0.6 is 0 Å². The summed E-state index contributed by atoms with van der Waals surface area (Å²) in [6.45, 7) is 5.85. The Hall–Kier alpha value is -1.45. The number of hydrogen-bond acceptors (Lipinski definition) is 4. The molecule has 2 rings (SSSR count). The van der Waals surface area contributed by atoms with E-state index in [4.69, 9.17) is 4.74 Å². The van der Waals surface area contributed by atoms with Crippen LogP contribution in [-0.2, 0) is 0 Å². The second kappa shape index (κ2) is 3.96. The highest BCUT2D eigenvalue weighted by Crippen LogP contribution is 2.31. The first kappa shape index (κ1) is 10.1. The van der Waals surface area contributed by atoms with Crippen molar-refractivity contribution in [2.75, 3.05) is 30.4 Å². The van der Waals surface area contributed by atoms with Crippen molar-refractivity contribution in [3.05, 3.63) is 12.3 Å². The minimum absolute atomic E-state index is 0.386. The Morgan fingerprint density at radius 3 is 3.07 bits per heavy atom. The van der Waals surface area contributed by atoms with Crippen molar-refractivity contribution in [3.8, 4) is 5.75 Å². The zero-order valence-corrected chi connectivity index (χ0v) is 9.45. The van der Waals surface area contributed by atoms with Gasteiger partial charge in [-0.25, -0.2) is 4.98 Å². The van der Waals surface area contributed by atoms with Crippen molar-refractivity contribution >= 4 is 11.5 Å². The summed E-state index contributed by atoms with van der Waals surface area (Å²) in [7, 11) is 2.05. The third kappa shape index (κ3) is 2.14. The van der Waals surface area contributed by atoms with Crippen LogP contribution in [0.1, 0.15) is 13.8 Å². The van der Waals surface area contributed by atoms with Crippen LogP contribution in [-0.4, -0.2) is 31.2 Å². The molecule has 1 aliphatic rings. The van der Waals surface area contributed by atoms with Gasteiger partial charge in [0.05, 0.1) is 18.4 Å². The third-order valence-electron chi connectivity index (χ3n) is 2.38. The van der Waals surface area contributed by atoms with Crippen molar-refractivity contribution in [2.45, 2.75) is 19.9 Å². The second-order valence-corrected chi connectivity index (χ2v) is 4.11. The average molecular weight is 207 g/mol. The van der Waals surface area contributed by atoms with Crippen LogP contribution in [0.25, 0.3) is 0 Å². The molecule has 4 heteroatoms. The highest BCUT2D eigenvalue weighted by atomic mass is 16.5. The molecule has 0 amide bonds. The fraction of sp³-hybridized carbons (Fsp3) is 0.545. The predicted octanol–water partition coefficient (Wildman–Crippen LogP) is 1.73. The zero-order valence-electron chi connectivity index (χ0n) is 9.45. The van der Waals surface area contributed by atoms with Gasteiger partial charge in [-0.2, -0.15) is 0 Å². The van der Waals surface area contributed by atoms with Gasteiger partial charge in [0, 0.05) is 19.2 Å². The van der Waals surface area contributed by atoms with Crippen LogP contribution in [0.3, 0.4) is 0 Å². The molecule has 1 N–H and O–H groups in total. The lowest BCUT2D eigenvalue weighted by Crippen LogP contribution is -2.29. The SMILES string of the molecule is CC(C)Nc1cc2c(cn1)N(C)CCO2. The number of aromatic nitrogens is 1. The zero-order chi connectivity index (χ0) is 10.8. The number of nitrogens with one attached hydrogen (secondary N) is 1. The molecule has 2 heterocycles. The molecule has 0 unspecified atom stereocenters. The van der Waals surface area contributed by atoms with E-state index in [0.29, 0.717) is 6.04 Å². The number of anilines is 2. The molecule has 0 spiro atoms. The molecule has 15 heavy (non-hydrogen) atoms. The monoisotopic (exact) mass is 207 g/mol. The summed E-state index contributed by atoms with van der Waals surface area (Å²) >= 11 is 0. The largest absolute Gasteiger partial charge is 0.489 e. The Morgan fingerprint density at radius 2 is 2.33 bits per heavy atom. The lowest BCUT2D eigenvalue weighted by atomic mass is 10.3. The van der Waals surface area contributed by atoms with E-state index in [1.54, 1.807) is 0 Å². The first-order chi connectivity index (χ1) is 7.16. The molecule has 1 aromatic rings. The van der Waals surface area contributed by atoms with Gasteiger partial charge in [-0.1, -0.05) is 0 Å². The van der Waals surface area contributed by atoms with E-state index in [9.17, 15) is 0 Å². The summed E-state index contributed by atoms with van der Waals surface area (Å²) < 4.78 is 5.59. The Bertz CT molecular complexity index is 352. The molecule has 4 nitrogen and oxygen atoms in total. The van der Waals surface area contributed by atoms with Crippen LogP contribution < -0.4 is 15.0 Å². The molecule has 1 aromatic heterocycles. The van der Waals surface area contributed by atoms with Crippen molar-refractivity contribution in [1.82, 2.24) is 4.98 Å². The van der Waals surface area contributed by atoms with Gasteiger partial charge in [-0.15, -0.1) is 0 Å². The fourth-order valence-electron chi connectivity index (χ4n) is 1.62. The van der Waals surface area contributed by atoms with Crippen LogP contribution in [0.5, 0.6) is 5.75 Å². The summed E-state index contributed by atoms with van der Waals surface area (Å²) in [6.07, 6.45) is 1.86. The van der Waals surface area contributed by atoms with Crippen LogP contribution in [0.15, 0.2) is 12.3 Å². The number of fused-ring (bicyclic) bond motifs is 1. The van der Waals surface area contributed by atoms with E-state index in [-0.39, 0.29) is 0 Å². The summed E-state index contributed by atoms with van der Waals surface area (Å²) in [5, 5.41) is 3.26. The van der Waals surface area contributed by atoms with Crippen molar-refractivity contribution in [2.24, 2.45) is 0 Å². The molecule has 0 fully saturated rings.